The molecule has 1 aliphatic heterocycles. The van der Waals surface area contributed by atoms with Crippen LogP contribution in [0, 0.1) is 22.9 Å². The van der Waals surface area contributed by atoms with E-state index in [1.54, 1.807) is 11.2 Å². The molecule has 1 heterocycles. The van der Waals surface area contributed by atoms with Gasteiger partial charge in [0.1, 0.15) is 17.5 Å². The van der Waals surface area contributed by atoms with E-state index in [-0.39, 0.29) is 29.7 Å². The molecular formula is C22H25F3N2O2S. The smallest absolute Gasteiger partial charge is 0.232 e. The van der Waals surface area contributed by atoms with Crippen molar-refractivity contribution in [2.45, 2.75) is 24.8 Å². The Balaban J connectivity index is 0.00000124. The summed E-state index contributed by atoms with van der Waals surface area (Å²) in [5, 5.41) is 10.0. The van der Waals surface area contributed by atoms with E-state index in [1.807, 2.05) is 0 Å². The number of hydrogen-bond donors (Lipinski definition) is 3. The summed E-state index contributed by atoms with van der Waals surface area (Å²) >= 11 is 3.53. The summed E-state index contributed by atoms with van der Waals surface area (Å²) in [6.07, 6.45) is 2.85. The lowest BCUT2D eigenvalue weighted by Gasteiger charge is -2.42. The van der Waals surface area contributed by atoms with Gasteiger partial charge < -0.3 is 15.7 Å². The van der Waals surface area contributed by atoms with E-state index in [4.69, 9.17) is 5.73 Å². The van der Waals surface area contributed by atoms with E-state index in [0.29, 0.717) is 25.1 Å². The van der Waals surface area contributed by atoms with E-state index < -0.39 is 28.8 Å². The maximum atomic E-state index is 14.4. The molecule has 4 nitrogen and oxygen atoms in total. The minimum Gasteiger partial charge on any atom is -0.395 e. The Morgan fingerprint density at radius 3 is 2.43 bits per heavy atom. The summed E-state index contributed by atoms with van der Waals surface area (Å²) in [6, 6.07) is 7.13. The molecule has 2 aromatic rings. The van der Waals surface area contributed by atoms with Crippen LogP contribution in [-0.2, 0) is 4.79 Å². The molecular weight excluding hydrogens is 413 g/mol. The highest BCUT2D eigenvalue weighted by Gasteiger charge is 2.63. The van der Waals surface area contributed by atoms with Crippen LogP contribution in [0.15, 0.2) is 36.4 Å². The lowest BCUT2D eigenvalue weighted by atomic mass is 9.89. The third kappa shape index (κ3) is 3.72. The second-order valence-electron chi connectivity index (χ2n) is 7.58. The molecule has 2 aliphatic rings. The zero-order valence-electron chi connectivity index (χ0n) is 16.6. The molecule has 1 saturated heterocycles. The summed E-state index contributed by atoms with van der Waals surface area (Å²) in [4.78, 5) is 14.7. The Morgan fingerprint density at radius 2 is 1.90 bits per heavy atom. The summed E-state index contributed by atoms with van der Waals surface area (Å²) in [5.74, 6) is -2.89. The molecule has 162 valence electrons. The van der Waals surface area contributed by atoms with Crippen LogP contribution >= 0.6 is 12.6 Å². The van der Waals surface area contributed by atoms with Gasteiger partial charge in [-0.2, -0.15) is 12.6 Å². The fourth-order valence-electron chi connectivity index (χ4n) is 4.23. The number of amides is 1. The standard InChI is InChI=1S/C21H21F3N2O2.CH4S/c22-12-4-5-14(15(8-12)19-17(23)2-1-3-18(19)24)16-9-21(16,11-27)20(28)26-7-6-13(26)10-25;1-2/h1-5,8,13,16,27H,6-7,9-11,25H2;2H,1H3/t13-,16?,21?;/m0./s1. The number of likely N-dealkylation sites (tertiary alicyclic amines) is 1. The number of hydrogen-bond acceptors (Lipinski definition) is 4. The Labute approximate surface area is 179 Å². The number of halogens is 3. The van der Waals surface area contributed by atoms with Gasteiger partial charge in [-0.1, -0.05) is 12.1 Å². The first-order valence-corrected chi connectivity index (χ1v) is 10.6. The van der Waals surface area contributed by atoms with Gasteiger partial charge in [0.05, 0.1) is 17.6 Å². The molecule has 0 aromatic heterocycles. The van der Waals surface area contributed by atoms with Gasteiger partial charge in [0.25, 0.3) is 0 Å². The minimum absolute atomic E-state index is 0.0473. The number of nitrogens with two attached hydrogens (primary N) is 1. The fourth-order valence-corrected chi connectivity index (χ4v) is 4.23. The van der Waals surface area contributed by atoms with Gasteiger partial charge in [-0.25, -0.2) is 13.2 Å². The van der Waals surface area contributed by atoms with Gasteiger partial charge in [-0.3, -0.25) is 4.79 Å². The van der Waals surface area contributed by atoms with Crippen molar-refractivity contribution >= 4 is 18.5 Å². The van der Waals surface area contributed by atoms with Crippen LogP contribution in [0.2, 0.25) is 0 Å². The number of rotatable bonds is 5. The highest BCUT2D eigenvalue weighted by molar-refractivity contribution is 7.79. The molecule has 0 spiro atoms. The van der Waals surface area contributed by atoms with Crippen LogP contribution in [0.3, 0.4) is 0 Å². The molecule has 1 saturated carbocycles. The number of aliphatic hydroxyl groups is 1. The molecule has 3 atom stereocenters. The van der Waals surface area contributed by atoms with Crippen molar-refractivity contribution in [3.8, 4) is 11.1 Å². The van der Waals surface area contributed by atoms with E-state index in [1.165, 1.54) is 18.2 Å². The summed E-state index contributed by atoms with van der Waals surface area (Å²) < 4.78 is 42.6. The van der Waals surface area contributed by atoms with E-state index in [9.17, 15) is 23.1 Å². The zero-order valence-corrected chi connectivity index (χ0v) is 17.5. The van der Waals surface area contributed by atoms with E-state index in [0.717, 1.165) is 24.6 Å². The summed E-state index contributed by atoms with van der Waals surface area (Å²) in [7, 11) is 0. The molecule has 4 rings (SSSR count). The Kier molecular flexibility index (Phi) is 6.79. The van der Waals surface area contributed by atoms with Crippen molar-refractivity contribution in [3.05, 3.63) is 59.4 Å². The van der Waals surface area contributed by atoms with Crippen LogP contribution in [0.5, 0.6) is 0 Å². The van der Waals surface area contributed by atoms with Gasteiger partial charge in [-0.15, -0.1) is 0 Å². The number of thiol groups is 1. The van der Waals surface area contributed by atoms with Crippen LogP contribution in [-0.4, -0.2) is 47.9 Å². The van der Waals surface area contributed by atoms with Crippen LogP contribution in [0.1, 0.15) is 24.3 Å². The van der Waals surface area contributed by atoms with Crippen molar-refractivity contribution in [2.75, 3.05) is 26.0 Å². The first-order valence-electron chi connectivity index (χ1n) is 9.73. The average Bonchev–Trinajstić information content (AvgIpc) is 3.45. The number of carbonyl (C=O) groups is 1. The lowest BCUT2D eigenvalue weighted by Crippen LogP contribution is -2.57. The fraction of sp³-hybridized carbons (Fsp3) is 0.409. The second-order valence-corrected chi connectivity index (χ2v) is 7.58. The average molecular weight is 439 g/mol. The van der Waals surface area contributed by atoms with E-state index >= 15 is 0 Å². The van der Waals surface area contributed by atoms with Crippen molar-refractivity contribution in [2.24, 2.45) is 11.1 Å². The first kappa shape index (κ1) is 22.7. The number of aliphatic hydroxyl groups excluding tert-OH is 1. The molecule has 2 aromatic carbocycles. The SMILES string of the molecule is CS.NC[C@@H]1CCN1C(=O)C1(CO)CC1c1ccc(F)cc1-c1c(F)cccc1F. The third-order valence-electron chi connectivity index (χ3n) is 6.08. The third-order valence-corrected chi connectivity index (χ3v) is 6.08. The molecule has 1 aliphatic carbocycles. The molecule has 30 heavy (non-hydrogen) atoms. The van der Waals surface area contributed by atoms with Crippen LogP contribution < -0.4 is 5.73 Å². The lowest BCUT2D eigenvalue weighted by molar-refractivity contribution is -0.146. The van der Waals surface area contributed by atoms with Gasteiger partial charge in [-0.05, 0) is 54.5 Å². The van der Waals surface area contributed by atoms with E-state index in [2.05, 4.69) is 12.6 Å². The molecule has 1 amide bonds. The molecule has 0 bridgehead atoms. The van der Waals surface area contributed by atoms with Gasteiger partial charge in [0.2, 0.25) is 5.91 Å². The van der Waals surface area contributed by atoms with Crippen molar-refractivity contribution in [1.82, 2.24) is 4.90 Å². The second kappa shape index (κ2) is 8.99. The van der Waals surface area contributed by atoms with Crippen molar-refractivity contribution in [3.63, 3.8) is 0 Å². The minimum atomic E-state index is -1.05. The van der Waals surface area contributed by atoms with Gasteiger partial charge in [0.15, 0.2) is 0 Å². The highest BCUT2D eigenvalue weighted by atomic mass is 32.1. The normalized spacial score (nSPS) is 24.6. The predicted octanol–water partition coefficient (Wildman–Crippen LogP) is 3.34. The summed E-state index contributed by atoms with van der Waals surface area (Å²) in [5.41, 5.74) is 4.83. The first-order chi connectivity index (χ1) is 14.4. The maximum absolute atomic E-state index is 14.4. The predicted molar refractivity (Wildman–Crippen MR) is 113 cm³/mol. The molecule has 2 fully saturated rings. The maximum Gasteiger partial charge on any atom is 0.232 e. The number of benzene rings is 2. The van der Waals surface area contributed by atoms with Gasteiger partial charge >= 0.3 is 0 Å². The Bertz CT molecular complexity index is 920. The molecule has 2 unspecified atom stereocenters. The quantitative estimate of drug-likeness (QED) is 0.628. The molecule has 3 N–H and O–H groups in total. The molecule has 0 radical (unpaired) electrons. The monoisotopic (exact) mass is 438 g/mol. The summed E-state index contributed by atoms with van der Waals surface area (Å²) in [6.45, 7) is 0.536. The topological polar surface area (TPSA) is 66.6 Å². The molecule has 8 heteroatoms. The highest BCUT2D eigenvalue weighted by Crippen LogP contribution is 2.62. The van der Waals surface area contributed by atoms with Crippen LogP contribution in [0.4, 0.5) is 13.2 Å². The van der Waals surface area contributed by atoms with Crippen molar-refractivity contribution in [1.29, 1.82) is 0 Å². The van der Waals surface area contributed by atoms with Crippen molar-refractivity contribution < 1.29 is 23.1 Å². The van der Waals surface area contributed by atoms with Crippen LogP contribution in [0.25, 0.3) is 11.1 Å². The Morgan fingerprint density at radius 1 is 1.23 bits per heavy atom. The van der Waals surface area contributed by atoms with Gasteiger partial charge in [0, 0.05) is 25.0 Å². The largest absolute Gasteiger partial charge is 0.395 e. The number of carbonyl (C=O) groups excluding carboxylic acids is 1. The zero-order chi connectivity index (χ0) is 22.1. The number of nitrogens with zero attached hydrogens (tertiary/aromatic N) is 1. The Hall–Kier alpha value is -2.03.